The lowest BCUT2D eigenvalue weighted by atomic mass is 10.2. The normalized spacial score (nSPS) is 15.2. The minimum absolute atomic E-state index is 0.182. The monoisotopic (exact) mass is 341 g/mol. The Morgan fingerprint density at radius 1 is 1.00 bits per heavy atom. The molecule has 4 rings (SSSR count). The molecule has 0 saturated carbocycles. The largest absolute Gasteiger partial charge is 0.368 e. The highest BCUT2D eigenvalue weighted by atomic mass is 32.1. The van der Waals surface area contributed by atoms with E-state index in [1.54, 1.807) is 11.3 Å². The van der Waals surface area contributed by atoms with Crippen LogP contribution in [0.25, 0.3) is 10.2 Å². The van der Waals surface area contributed by atoms with Crippen molar-refractivity contribution >= 4 is 32.4 Å². The van der Waals surface area contributed by atoms with Crippen LogP contribution in [0.15, 0.2) is 42.5 Å². The maximum atomic E-state index is 13.1. The molecule has 0 amide bonds. The molecule has 0 bridgehead atoms. The van der Waals surface area contributed by atoms with Crippen molar-refractivity contribution in [1.29, 1.82) is 0 Å². The quantitative estimate of drug-likeness (QED) is 0.707. The van der Waals surface area contributed by atoms with Crippen molar-refractivity contribution in [3.05, 3.63) is 53.8 Å². The van der Waals surface area contributed by atoms with E-state index in [1.807, 2.05) is 12.1 Å². The lowest BCUT2D eigenvalue weighted by molar-refractivity contribution is 0.624. The summed E-state index contributed by atoms with van der Waals surface area (Å²) in [5.41, 5.74) is 3.54. The van der Waals surface area contributed by atoms with E-state index in [-0.39, 0.29) is 5.82 Å². The summed E-state index contributed by atoms with van der Waals surface area (Å²) in [6.07, 6.45) is 1.06. The van der Waals surface area contributed by atoms with Crippen LogP contribution >= 0.6 is 11.3 Å². The van der Waals surface area contributed by atoms with Gasteiger partial charge in [-0.25, -0.2) is 9.37 Å². The third-order valence-electron chi connectivity index (χ3n) is 4.59. The van der Waals surface area contributed by atoms with E-state index in [9.17, 15) is 4.39 Å². The SMILES string of the molecule is CCc1ccc2nc(N3CCN(c4ccc(F)cc4)CC3)sc2c1. The number of piperazine rings is 1. The fourth-order valence-electron chi connectivity index (χ4n) is 3.12. The van der Waals surface area contributed by atoms with E-state index in [2.05, 4.69) is 34.9 Å². The van der Waals surface area contributed by atoms with Gasteiger partial charge in [0.2, 0.25) is 0 Å². The minimum atomic E-state index is -0.182. The molecular weight excluding hydrogens is 321 g/mol. The van der Waals surface area contributed by atoms with Crippen molar-refractivity contribution in [3.63, 3.8) is 0 Å². The second-order valence-electron chi connectivity index (χ2n) is 6.10. The molecule has 1 fully saturated rings. The Morgan fingerprint density at radius 2 is 1.71 bits per heavy atom. The van der Waals surface area contributed by atoms with Gasteiger partial charge >= 0.3 is 0 Å². The molecule has 0 unspecified atom stereocenters. The third-order valence-corrected chi connectivity index (χ3v) is 5.67. The average molecular weight is 341 g/mol. The Morgan fingerprint density at radius 3 is 2.42 bits per heavy atom. The molecule has 0 atom stereocenters. The summed E-state index contributed by atoms with van der Waals surface area (Å²) >= 11 is 1.78. The maximum Gasteiger partial charge on any atom is 0.186 e. The minimum Gasteiger partial charge on any atom is -0.368 e. The van der Waals surface area contributed by atoms with Gasteiger partial charge in [-0.3, -0.25) is 0 Å². The van der Waals surface area contributed by atoms with Crippen LogP contribution < -0.4 is 9.80 Å². The van der Waals surface area contributed by atoms with Gasteiger partial charge < -0.3 is 9.80 Å². The average Bonchev–Trinajstić information content (AvgIpc) is 3.05. The van der Waals surface area contributed by atoms with E-state index in [4.69, 9.17) is 4.98 Å². The molecule has 1 aliphatic rings. The van der Waals surface area contributed by atoms with Crippen LogP contribution in [0.1, 0.15) is 12.5 Å². The molecule has 1 aromatic heterocycles. The number of aryl methyl sites for hydroxylation is 1. The number of thiazole rings is 1. The zero-order valence-electron chi connectivity index (χ0n) is 13.7. The van der Waals surface area contributed by atoms with Gasteiger partial charge in [-0.1, -0.05) is 24.3 Å². The molecule has 2 aromatic carbocycles. The van der Waals surface area contributed by atoms with Crippen molar-refractivity contribution in [2.45, 2.75) is 13.3 Å². The van der Waals surface area contributed by atoms with Gasteiger partial charge in [0.15, 0.2) is 5.13 Å². The van der Waals surface area contributed by atoms with Crippen molar-refractivity contribution < 1.29 is 4.39 Å². The Kier molecular flexibility index (Phi) is 4.10. The molecule has 3 aromatic rings. The molecule has 0 aliphatic carbocycles. The van der Waals surface area contributed by atoms with Crippen LogP contribution in [-0.4, -0.2) is 31.2 Å². The van der Waals surface area contributed by atoms with Crippen LogP contribution in [-0.2, 0) is 6.42 Å². The van der Waals surface area contributed by atoms with E-state index >= 15 is 0 Å². The molecule has 5 heteroatoms. The number of nitrogens with zero attached hydrogens (tertiary/aromatic N) is 3. The number of fused-ring (bicyclic) bond motifs is 1. The van der Waals surface area contributed by atoms with Gasteiger partial charge in [-0.15, -0.1) is 0 Å². The third kappa shape index (κ3) is 2.96. The van der Waals surface area contributed by atoms with Crippen molar-refractivity contribution in [2.24, 2.45) is 0 Å². The first kappa shape index (κ1) is 15.4. The van der Waals surface area contributed by atoms with Gasteiger partial charge in [-0.05, 0) is 48.4 Å². The van der Waals surface area contributed by atoms with Gasteiger partial charge in [0, 0.05) is 31.9 Å². The number of aromatic nitrogens is 1. The maximum absolute atomic E-state index is 13.1. The Balaban J connectivity index is 1.48. The number of benzene rings is 2. The molecule has 3 nitrogen and oxygen atoms in total. The smallest absolute Gasteiger partial charge is 0.186 e. The molecule has 1 saturated heterocycles. The highest BCUT2D eigenvalue weighted by Crippen LogP contribution is 2.30. The summed E-state index contributed by atoms with van der Waals surface area (Å²) in [7, 11) is 0. The van der Waals surface area contributed by atoms with Gasteiger partial charge in [0.1, 0.15) is 5.82 Å². The molecule has 0 radical (unpaired) electrons. The lowest BCUT2D eigenvalue weighted by Gasteiger charge is -2.35. The Labute approximate surface area is 145 Å². The number of anilines is 2. The van der Waals surface area contributed by atoms with Crippen LogP contribution in [0.2, 0.25) is 0 Å². The summed E-state index contributed by atoms with van der Waals surface area (Å²) < 4.78 is 14.3. The Bertz CT molecular complexity index is 835. The molecule has 2 heterocycles. The Hall–Kier alpha value is -2.14. The van der Waals surface area contributed by atoms with Crippen molar-refractivity contribution in [2.75, 3.05) is 36.0 Å². The second kappa shape index (κ2) is 6.40. The van der Waals surface area contributed by atoms with E-state index in [0.717, 1.165) is 48.9 Å². The van der Waals surface area contributed by atoms with E-state index in [0.29, 0.717) is 0 Å². The van der Waals surface area contributed by atoms with Gasteiger partial charge in [0.25, 0.3) is 0 Å². The van der Waals surface area contributed by atoms with Gasteiger partial charge in [0.05, 0.1) is 10.2 Å². The van der Waals surface area contributed by atoms with Crippen molar-refractivity contribution in [3.8, 4) is 0 Å². The summed E-state index contributed by atoms with van der Waals surface area (Å²) in [6.45, 7) is 5.93. The highest BCUT2D eigenvalue weighted by Gasteiger charge is 2.20. The van der Waals surface area contributed by atoms with E-state index in [1.165, 1.54) is 22.4 Å². The molecule has 1 aliphatic heterocycles. The highest BCUT2D eigenvalue weighted by molar-refractivity contribution is 7.22. The standard InChI is InChI=1S/C19H20FN3S/c1-2-14-3-8-17-18(13-14)24-19(21-17)23-11-9-22(10-12-23)16-6-4-15(20)5-7-16/h3-8,13H,2,9-12H2,1H3. The molecule has 124 valence electrons. The fourth-order valence-corrected chi connectivity index (χ4v) is 4.20. The lowest BCUT2D eigenvalue weighted by Crippen LogP contribution is -2.46. The first-order chi connectivity index (χ1) is 11.7. The van der Waals surface area contributed by atoms with Gasteiger partial charge in [-0.2, -0.15) is 0 Å². The van der Waals surface area contributed by atoms with Crippen LogP contribution in [0.3, 0.4) is 0 Å². The molecule has 0 spiro atoms. The van der Waals surface area contributed by atoms with Crippen LogP contribution in [0.5, 0.6) is 0 Å². The second-order valence-corrected chi connectivity index (χ2v) is 7.11. The summed E-state index contributed by atoms with van der Waals surface area (Å²) in [6, 6.07) is 13.3. The predicted molar refractivity (Wildman–Crippen MR) is 99.8 cm³/mol. The summed E-state index contributed by atoms with van der Waals surface area (Å²) in [5.74, 6) is -0.182. The molecule has 24 heavy (non-hydrogen) atoms. The fraction of sp³-hybridized carbons (Fsp3) is 0.316. The van der Waals surface area contributed by atoms with Crippen molar-refractivity contribution in [1.82, 2.24) is 4.98 Å². The predicted octanol–water partition coefficient (Wildman–Crippen LogP) is 4.32. The van der Waals surface area contributed by atoms with Crippen LogP contribution in [0, 0.1) is 5.82 Å². The molecule has 0 N–H and O–H groups in total. The first-order valence-corrected chi connectivity index (χ1v) is 9.19. The topological polar surface area (TPSA) is 19.4 Å². The summed E-state index contributed by atoms with van der Waals surface area (Å²) in [4.78, 5) is 9.46. The molecular formula is C19H20FN3S. The number of halogens is 1. The van der Waals surface area contributed by atoms with E-state index < -0.39 is 0 Å². The number of rotatable bonds is 3. The zero-order valence-corrected chi connectivity index (χ0v) is 14.5. The zero-order chi connectivity index (χ0) is 16.5. The summed E-state index contributed by atoms with van der Waals surface area (Å²) in [5, 5.41) is 1.11. The number of hydrogen-bond acceptors (Lipinski definition) is 4. The van der Waals surface area contributed by atoms with Crippen LogP contribution in [0.4, 0.5) is 15.2 Å². The first-order valence-electron chi connectivity index (χ1n) is 8.38. The number of hydrogen-bond donors (Lipinski definition) is 0.